The molecule has 1 aliphatic rings. The Labute approximate surface area is 112 Å². The summed E-state index contributed by atoms with van der Waals surface area (Å²) in [6.07, 6.45) is 3.68. The quantitative estimate of drug-likeness (QED) is 0.422. The number of hydrogen-bond donors (Lipinski definition) is 5. The van der Waals surface area contributed by atoms with Crippen molar-refractivity contribution >= 4 is 0 Å². The molecule has 1 fully saturated rings. The summed E-state index contributed by atoms with van der Waals surface area (Å²) < 4.78 is 0. The van der Waals surface area contributed by atoms with Crippen LogP contribution in [-0.2, 0) is 0 Å². The Morgan fingerprint density at radius 3 is 1.72 bits per heavy atom. The molecule has 0 atom stereocenters. The molecule has 0 unspecified atom stereocenters. The highest BCUT2D eigenvalue weighted by atomic mass is 15.0. The molecule has 5 heteroatoms. The van der Waals surface area contributed by atoms with E-state index in [4.69, 9.17) is 5.73 Å². The molecule has 108 valence electrons. The molecule has 0 aromatic carbocycles. The van der Waals surface area contributed by atoms with Crippen molar-refractivity contribution in [2.75, 3.05) is 58.9 Å². The van der Waals surface area contributed by atoms with E-state index in [1.54, 1.807) is 0 Å². The van der Waals surface area contributed by atoms with Crippen molar-refractivity contribution in [1.29, 1.82) is 0 Å². The Bertz CT molecular complexity index is 163. The van der Waals surface area contributed by atoms with Gasteiger partial charge in [0.2, 0.25) is 0 Å². The van der Waals surface area contributed by atoms with Crippen molar-refractivity contribution in [3.8, 4) is 0 Å². The van der Waals surface area contributed by atoms with E-state index in [0.29, 0.717) is 0 Å². The molecule has 1 saturated heterocycles. The number of nitrogens with two attached hydrogens (primary N) is 1. The first-order chi connectivity index (χ1) is 8.93. The lowest BCUT2D eigenvalue weighted by molar-refractivity contribution is 0.405. The smallest absolute Gasteiger partial charge is 0.00772 e. The minimum Gasteiger partial charge on any atom is -0.330 e. The first-order valence-corrected chi connectivity index (χ1v) is 7.46. The van der Waals surface area contributed by atoms with Gasteiger partial charge in [0.15, 0.2) is 0 Å². The first-order valence-electron chi connectivity index (χ1n) is 7.46. The Kier molecular flexibility index (Phi) is 10.5. The molecule has 0 aromatic rings. The van der Waals surface area contributed by atoms with E-state index in [9.17, 15) is 0 Å². The standard InChI is InChI=1S/C13H31N5/c14-4-2-1-3-13-11-17-9-7-15-5-6-16-8-10-18-12-13/h13,15-18H,1-12,14H2. The third-order valence-electron chi connectivity index (χ3n) is 3.37. The minimum atomic E-state index is 0.734. The normalized spacial score (nSPS) is 21.8. The van der Waals surface area contributed by atoms with Crippen LogP contribution < -0.4 is 27.0 Å². The molecular weight excluding hydrogens is 226 g/mol. The molecule has 0 aliphatic carbocycles. The van der Waals surface area contributed by atoms with Gasteiger partial charge >= 0.3 is 0 Å². The topological polar surface area (TPSA) is 74.1 Å². The van der Waals surface area contributed by atoms with Crippen molar-refractivity contribution < 1.29 is 0 Å². The minimum absolute atomic E-state index is 0.734. The van der Waals surface area contributed by atoms with Gasteiger partial charge in [-0.15, -0.1) is 0 Å². The van der Waals surface area contributed by atoms with Gasteiger partial charge in [0, 0.05) is 39.3 Å². The third kappa shape index (κ3) is 8.83. The van der Waals surface area contributed by atoms with Gasteiger partial charge in [-0.05, 0) is 38.4 Å². The maximum Gasteiger partial charge on any atom is 0.00772 e. The Balaban J connectivity index is 2.19. The van der Waals surface area contributed by atoms with Crippen LogP contribution in [-0.4, -0.2) is 58.9 Å². The van der Waals surface area contributed by atoms with Crippen LogP contribution in [0.25, 0.3) is 0 Å². The molecule has 6 N–H and O–H groups in total. The monoisotopic (exact) mass is 257 g/mol. The fourth-order valence-electron chi connectivity index (χ4n) is 2.25. The highest BCUT2D eigenvalue weighted by Gasteiger charge is 2.07. The van der Waals surface area contributed by atoms with Gasteiger partial charge in [0.05, 0.1) is 0 Å². The first kappa shape index (κ1) is 15.9. The summed E-state index contributed by atoms with van der Waals surface area (Å²) in [6, 6.07) is 0. The highest BCUT2D eigenvalue weighted by Crippen LogP contribution is 2.06. The van der Waals surface area contributed by atoms with E-state index in [1.807, 2.05) is 0 Å². The van der Waals surface area contributed by atoms with Gasteiger partial charge < -0.3 is 27.0 Å². The molecular formula is C13H31N5. The second-order valence-corrected chi connectivity index (χ2v) is 5.06. The predicted molar refractivity (Wildman–Crippen MR) is 77.9 cm³/mol. The molecule has 5 nitrogen and oxygen atoms in total. The number of unbranched alkanes of at least 4 members (excludes halogenated alkanes) is 1. The van der Waals surface area contributed by atoms with Gasteiger partial charge in [0.25, 0.3) is 0 Å². The van der Waals surface area contributed by atoms with Gasteiger partial charge in [-0.3, -0.25) is 0 Å². The lowest BCUT2D eigenvalue weighted by Gasteiger charge is -2.18. The molecule has 1 rings (SSSR count). The van der Waals surface area contributed by atoms with Gasteiger partial charge in [-0.2, -0.15) is 0 Å². The summed E-state index contributed by atoms with van der Waals surface area (Å²) in [4.78, 5) is 0. The number of hydrogen-bond acceptors (Lipinski definition) is 5. The fraction of sp³-hybridized carbons (Fsp3) is 1.00. The lowest BCUT2D eigenvalue weighted by atomic mass is 10.0. The van der Waals surface area contributed by atoms with Crippen molar-refractivity contribution in [3.63, 3.8) is 0 Å². The van der Waals surface area contributed by atoms with Crippen molar-refractivity contribution in [3.05, 3.63) is 0 Å². The fourth-order valence-corrected chi connectivity index (χ4v) is 2.25. The van der Waals surface area contributed by atoms with Crippen LogP contribution in [0.5, 0.6) is 0 Å². The third-order valence-corrected chi connectivity index (χ3v) is 3.37. The maximum absolute atomic E-state index is 5.55. The molecule has 0 aromatic heterocycles. The maximum atomic E-state index is 5.55. The van der Waals surface area contributed by atoms with E-state index in [0.717, 1.165) is 71.2 Å². The van der Waals surface area contributed by atoms with Crippen LogP contribution in [0.4, 0.5) is 0 Å². The largest absolute Gasteiger partial charge is 0.330 e. The molecule has 0 spiro atoms. The van der Waals surface area contributed by atoms with Crippen LogP contribution in [0, 0.1) is 5.92 Å². The molecule has 18 heavy (non-hydrogen) atoms. The van der Waals surface area contributed by atoms with E-state index in [-0.39, 0.29) is 0 Å². The predicted octanol–water partition coefficient (Wildman–Crippen LogP) is -0.896. The van der Waals surface area contributed by atoms with Crippen molar-refractivity contribution in [2.45, 2.75) is 19.3 Å². The van der Waals surface area contributed by atoms with E-state index < -0.39 is 0 Å². The lowest BCUT2D eigenvalue weighted by Crippen LogP contribution is -2.35. The zero-order valence-electron chi connectivity index (χ0n) is 11.6. The number of rotatable bonds is 4. The Morgan fingerprint density at radius 1 is 0.722 bits per heavy atom. The van der Waals surface area contributed by atoms with E-state index in [2.05, 4.69) is 21.3 Å². The van der Waals surface area contributed by atoms with Crippen LogP contribution >= 0.6 is 0 Å². The van der Waals surface area contributed by atoms with Crippen LogP contribution in [0.1, 0.15) is 19.3 Å². The van der Waals surface area contributed by atoms with Crippen LogP contribution in [0.3, 0.4) is 0 Å². The Hall–Kier alpha value is -0.200. The average molecular weight is 257 g/mol. The number of nitrogens with one attached hydrogen (secondary N) is 4. The second kappa shape index (κ2) is 11.9. The molecule has 0 bridgehead atoms. The summed E-state index contributed by atoms with van der Waals surface area (Å²) in [5.74, 6) is 0.734. The molecule has 0 radical (unpaired) electrons. The SMILES string of the molecule is NCCCCC1CNCCNCCNCCNC1. The average Bonchev–Trinajstić information content (AvgIpc) is 2.41. The highest BCUT2D eigenvalue weighted by molar-refractivity contribution is 4.68. The zero-order chi connectivity index (χ0) is 12.9. The van der Waals surface area contributed by atoms with Gasteiger partial charge in [0.1, 0.15) is 0 Å². The van der Waals surface area contributed by atoms with Crippen molar-refractivity contribution in [2.24, 2.45) is 11.7 Å². The van der Waals surface area contributed by atoms with Crippen LogP contribution in [0.15, 0.2) is 0 Å². The Morgan fingerprint density at radius 2 is 1.22 bits per heavy atom. The molecule has 0 saturated carbocycles. The van der Waals surface area contributed by atoms with Crippen molar-refractivity contribution in [1.82, 2.24) is 21.3 Å². The second-order valence-electron chi connectivity index (χ2n) is 5.06. The van der Waals surface area contributed by atoms with E-state index in [1.165, 1.54) is 12.8 Å². The zero-order valence-corrected chi connectivity index (χ0v) is 11.6. The summed E-state index contributed by atoms with van der Waals surface area (Å²) >= 11 is 0. The summed E-state index contributed by atoms with van der Waals surface area (Å²) in [5, 5.41) is 14.0. The molecule has 1 aliphatic heterocycles. The van der Waals surface area contributed by atoms with Gasteiger partial charge in [-0.25, -0.2) is 0 Å². The molecule has 0 amide bonds. The summed E-state index contributed by atoms with van der Waals surface area (Å²) in [7, 11) is 0. The van der Waals surface area contributed by atoms with Gasteiger partial charge in [-0.1, -0.05) is 6.42 Å². The summed E-state index contributed by atoms with van der Waals surface area (Å²) in [6.45, 7) is 9.42. The molecule has 1 heterocycles. The summed E-state index contributed by atoms with van der Waals surface area (Å²) in [5.41, 5.74) is 5.55. The van der Waals surface area contributed by atoms with E-state index >= 15 is 0 Å². The van der Waals surface area contributed by atoms with Crippen LogP contribution in [0.2, 0.25) is 0 Å².